The third-order valence-electron chi connectivity index (χ3n) is 5.60. The topological polar surface area (TPSA) is 46.6 Å². The van der Waals surface area contributed by atoms with Crippen molar-refractivity contribution >= 4 is 11.7 Å². The van der Waals surface area contributed by atoms with Gasteiger partial charge < -0.3 is 9.64 Å². The van der Waals surface area contributed by atoms with Gasteiger partial charge in [0.2, 0.25) is 5.78 Å². The number of halogens is 6. The fraction of sp³-hybridized carbons (Fsp3) is 0.364. The van der Waals surface area contributed by atoms with E-state index in [4.69, 9.17) is 4.74 Å². The minimum Gasteiger partial charge on any atom is -0.371 e. The van der Waals surface area contributed by atoms with Gasteiger partial charge in [0.25, 0.3) is 5.91 Å². The van der Waals surface area contributed by atoms with Crippen LogP contribution in [0.4, 0.5) is 26.3 Å². The fourth-order valence-electron chi connectivity index (χ4n) is 3.69. The lowest BCUT2D eigenvalue weighted by atomic mass is 9.88. The van der Waals surface area contributed by atoms with Crippen molar-refractivity contribution in [2.75, 3.05) is 13.7 Å². The Bertz CT molecular complexity index is 986. The molecule has 2 aromatic rings. The normalized spacial score (nSPS) is 20.7. The van der Waals surface area contributed by atoms with Crippen molar-refractivity contribution in [3.63, 3.8) is 0 Å². The molecule has 0 unspecified atom stereocenters. The molecule has 0 saturated carbocycles. The first-order chi connectivity index (χ1) is 14.8. The van der Waals surface area contributed by atoms with Crippen molar-refractivity contribution in [1.29, 1.82) is 0 Å². The Kier molecular flexibility index (Phi) is 6.12. The molecule has 32 heavy (non-hydrogen) atoms. The van der Waals surface area contributed by atoms with Gasteiger partial charge in [-0.05, 0) is 36.2 Å². The van der Waals surface area contributed by atoms with E-state index in [1.54, 1.807) is 30.3 Å². The van der Waals surface area contributed by atoms with E-state index in [-0.39, 0.29) is 24.7 Å². The number of carbonyl (C=O) groups excluding carboxylic acids is 2. The largest absolute Gasteiger partial charge is 0.416 e. The van der Waals surface area contributed by atoms with Crippen LogP contribution >= 0.6 is 0 Å². The van der Waals surface area contributed by atoms with E-state index in [2.05, 4.69) is 0 Å². The molecule has 1 aliphatic heterocycles. The molecule has 4 nitrogen and oxygen atoms in total. The minimum absolute atomic E-state index is 0.0454. The number of ether oxygens (including phenoxy) is 1. The van der Waals surface area contributed by atoms with E-state index >= 15 is 0 Å². The van der Waals surface area contributed by atoms with Gasteiger partial charge in [0, 0.05) is 13.5 Å². The summed E-state index contributed by atoms with van der Waals surface area (Å²) in [5.41, 5.74) is -3.88. The van der Waals surface area contributed by atoms with Crippen LogP contribution in [0.15, 0.2) is 48.5 Å². The second kappa shape index (κ2) is 8.23. The predicted octanol–water partition coefficient (Wildman–Crippen LogP) is 5.13. The number of benzene rings is 2. The number of ketones is 1. The van der Waals surface area contributed by atoms with Crippen LogP contribution in [0.25, 0.3) is 0 Å². The van der Waals surface area contributed by atoms with E-state index in [0.717, 1.165) is 0 Å². The first-order valence-corrected chi connectivity index (χ1v) is 9.53. The highest BCUT2D eigenvalue weighted by molar-refractivity contribution is 6.38. The highest BCUT2D eigenvalue weighted by Gasteiger charge is 2.50. The zero-order valence-electron chi connectivity index (χ0n) is 17.1. The van der Waals surface area contributed by atoms with Gasteiger partial charge in [-0.1, -0.05) is 30.3 Å². The van der Waals surface area contributed by atoms with Gasteiger partial charge in [0.05, 0.1) is 29.4 Å². The SMILES string of the molecule is C[C@@H](OC[C@@]1(c2ccccc2)CC(=O)C(=O)N1C)c1cc(C(F)(F)F)cc(C(F)(F)F)c1. The Labute approximate surface area is 179 Å². The summed E-state index contributed by atoms with van der Waals surface area (Å²) in [4.78, 5) is 25.5. The Morgan fingerprint density at radius 3 is 1.94 bits per heavy atom. The maximum atomic E-state index is 13.2. The third-order valence-corrected chi connectivity index (χ3v) is 5.60. The fourth-order valence-corrected chi connectivity index (χ4v) is 3.69. The van der Waals surface area contributed by atoms with Crippen molar-refractivity contribution in [1.82, 2.24) is 4.90 Å². The average Bonchev–Trinajstić information content (AvgIpc) is 2.95. The Balaban J connectivity index is 1.95. The second-order valence-corrected chi connectivity index (χ2v) is 7.65. The van der Waals surface area contributed by atoms with Crippen molar-refractivity contribution in [2.24, 2.45) is 0 Å². The standard InChI is InChI=1S/C22H19F6NO3/c1-13(14-8-16(21(23,24)25)10-17(9-14)22(26,27)28)32-12-20(15-6-4-3-5-7-15)11-18(30)19(31)29(20)2/h3-10,13H,11-12H2,1-2H3/t13-,20-/m1/s1. The van der Waals surface area contributed by atoms with E-state index in [1.807, 2.05) is 0 Å². The Morgan fingerprint density at radius 1 is 0.969 bits per heavy atom. The lowest BCUT2D eigenvalue weighted by Crippen LogP contribution is -2.44. The van der Waals surface area contributed by atoms with E-state index in [0.29, 0.717) is 17.7 Å². The summed E-state index contributed by atoms with van der Waals surface area (Å²) in [6.45, 7) is 1.01. The molecule has 1 heterocycles. The zero-order valence-corrected chi connectivity index (χ0v) is 17.1. The monoisotopic (exact) mass is 459 g/mol. The molecule has 1 aliphatic rings. The number of rotatable bonds is 5. The van der Waals surface area contributed by atoms with Gasteiger partial charge in [-0.15, -0.1) is 0 Å². The molecule has 10 heteroatoms. The first kappa shape index (κ1) is 23.8. The number of likely N-dealkylation sites (tertiary alicyclic amines) is 1. The van der Waals surface area contributed by atoms with Crippen LogP contribution in [0.5, 0.6) is 0 Å². The van der Waals surface area contributed by atoms with Crippen LogP contribution in [0.1, 0.15) is 41.7 Å². The van der Waals surface area contributed by atoms with Crippen LogP contribution < -0.4 is 0 Å². The molecule has 1 fully saturated rings. The Hall–Kier alpha value is -2.88. The van der Waals surface area contributed by atoms with E-state index in [9.17, 15) is 35.9 Å². The smallest absolute Gasteiger partial charge is 0.371 e. The highest BCUT2D eigenvalue weighted by Crippen LogP contribution is 2.40. The van der Waals surface area contributed by atoms with E-state index < -0.39 is 46.8 Å². The molecule has 2 atom stereocenters. The molecule has 3 rings (SSSR count). The van der Waals surface area contributed by atoms with E-state index in [1.165, 1.54) is 18.9 Å². The molecule has 1 amide bonds. The molecule has 172 valence electrons. The summed E-state index contributed by atoms with van der Waals surface area (Å²) in [7, 11) is 1.40. The van der Waals surface area contributed by atoms with Crippen LogP contribution in [0, 0.1) is 0 Å². The molecule has 0 radical (unpaired) electrons. The summed E-state index contributed by atoms with van der Waals surface area (Å²) in [6, 6.07) is 9.68. The van der Waals surface area contributed by atoms with Crippen molar-refractivity contribution in [3.05, 3.63) is 70.8 Å². The minimum atomic E-state index is -4.98. The summed E-state index contributed by atoms with van der Waals surface area (Å²) < 4.78 is 84.7. The van der Waals surface area contributed by atoms with Gasteiger partial charge in [-0.25, -0.2) is 0 Å². The summed E-state index contributed by atoms with van der Waals surface area (Å²) in [6.07, 6.45) is -11.4. The van der Waals surface area contributed by atoms with Gasteiger partial charge in [-0.2, -0.15) is 26.3 Å². The number of nitrogens with zero attached hydrogens (tertiary/aromatic N) is 1. The van der Waals surface area contributed by atoms with Gasteiger partial charge in [0.1, 0.15) is 0 Å². The molecule has 1 saturated heterocycles. The number of likely N-dealkylation sites (N-methyl/N-ethyl adjacent to an activating group) is 1. The summed E-state index contributed by atoms with van der Waals surface area (Å²) in [5, 5.41) is 0. The molecule has 0 aliphatic carbocycles. The molecule has 0 spiro atoms. The van der Waals surface area contributed by atoms with Gasteiger partial charge in [-0.3, -0.25) is 9.59 Å². The number of alkyl halides is 6. The highest BCUT2D eigenvalue weighted by atomic mass is 19.4. The van der Waals surface area contributed by atoms with Crippen LogP contribution in [-0.4, -0.2) is 30.2 Å². The molecule has 0 N–H and O–H groups in total. The lowest BCUT2D eigenvalue weighted by Gasteiger charge is -2.36. The van der Waals surface area contributed by atoms with Crippen LogP contribution in [0.2, 0.25) is 0 Å². The molecule has 0 aromatic heterocycles. The third kappa shape index (κ3) is 4.50. The number of amides is 1. The molecular formula is C22H19F6NO3. The average molecular weight is 459 g/mol. The maximum absolute atomic E-state index is 13.2. The summed E-state index contributed by atoms with van der Waals surface area (Å²) in [5.74, 6) is -1.41. The lowest BCUT2D eigenvalue weighted by molar-refractivity contribution is -0.143. The molecule has 2 aromatic carbocycles. The van der Waals surface area contributed by atoms with Crippen molar-refractivity contribution in [3.8, 4) is 0 Å². The second-order valence-electron chi connectivity index (χ2n) is 7.65. The zero-order chi connectivity index (χ0) is 23.9. The number of hydrogen-bond acceptors (Lipinski definition) is 3. The summed E-state index contributed by atoms with van der Waals surface area (Å²) >= 11 is 0. The van der Waals surface area contributed by atoms with Crippen molar-refractivity contribution in [2.45, 2.75) is 37.3 Å². The van der Waals surface area contributed by atoms with Crippen molar-refractivity contribution < 1.29 is 40.7 Å². The number of Topliss-reactive ketones (excluding diaryl/α,β-unsaturated/α-hetero) is 1. The number of carbonyl (C=O) groups is 2. The van der Waals surface area contributed by atoms with Gasteiger partial charge >= 0.3 is 12.4 Å². The van der Waals surface area contributed by atoms with Crippen LogP contribution in [-0.2, 0) is 32.2 Å². The number of hydrogen-bond donors (Lipinski definition) is 0. The molecule has 0 bridgehead atoms. The van der Waals surface area contributed by atoms with Crippen LogP contribution in [0.3, 0.4) is 0 Å². The first-order valence-electron chi connectivity index (χ1n) is 9.53. The molecular weight excluding hydrogens is 440 g/mol. The quantitative estimate of drug-likeness (QED) is 0.460. The van der Waals surface area contributed by atoms with Gasteiger partial charge in [0.15, 0.2) is 0 Å². The predicted molar refractivity (Wildman–Crippen MR) is 101 cm³/mol. The Morgan fingerprint density at radius 2 is 1.50 bits per heavy atom. The maximum Gasteiger partial charge on any atom is 0.416 e.